The summed E-state index contributed by atoms with van der Waals surface area (Å²) in [6.45, 7) is 0.737. The van der Waals surface area contributed by atoms with Crippen LogP contribution in [0.15, 0.2) is 41.1 Å². The van der Waals surface area contributed by atoms with Gasteiger partial charge in [0, 0.05) is 28.8 Å². The van der Waals surface area contributed by atoms with Gasteiger partial charge in [-0.15, -0.1) is 0 Å². The molecule has 2 aromatic rings. The molecule has 3 rings (SSSR count). The van der Waals surface area contributed by atoms with Gasteiger partial charge in [-0.2, -0.15) is 5.10 Å². The molecule has 1 aliphatic carbocycles. The van der Waals surface area contributed by atoms with E-state index in [2.05, 4.69) is 39.2 Å². The number of halogens is 1. The number of aromatic nitrogens is 2. The third kappa shape index (κ3) is 1.81. The molecule has 1 aromatic carbocycles. The average Bonchev–Trinajstić information content (AvgIpc) is 2.97. The third-order valence-corrected chi connectivity index (χ3v) is 4.19. The van der Waals surface area contributed by atoms with Gasteiger partial charge in [-0.05, 0) is 52.5 Å². The predicted octanol–water partition coefficient (Wildman–Crippen LogP) is 2.63. The monoisotopic (exact) mass is 291 g/mol. The largest absolute Gasteiger partial charge is 0.330 e. The number of nitrogens with two attached hydrogens (primary N) is 1. The average molecular weight is 292 g/mol. The molecule has 0 aliphatic heterocycles. The van der Waals surface area contributed by atoms with Crippen molar-refractivity contribution in [3.05, 3.63) is 46.7 Å². The van der Waals surface area contributed by atoms with Crippen LogP contribution < -0.4 is 5.73 Å². The SMILES string of the molecule is NCC1(c2ccc(-n3cccn3)c(Br)c2)CC1. The van der Waals surface area contributed by atoms with Crippen molar-refractivity contribution in [3.63, 3.8) is 0 Å². The van der Waals surface area contributed by atoms with Gasteiger partial charge in [-0.3, -0.25) is 0 Å². The summed E-state index contributed by atoms with van der Waals surface area (Å²) in [5, 5.41) is 4.24. The van der Waals surface area contributed by atoms with Crippen LogP contribution in [0.1, 0.15) is 18.4 Å². The summed E-state index contributed by atoms with van der Waals surface area (Å²) in [5.41, 5.74) is 8.49. The maximum absolute atomic E-state index is 5.85. The Hall–Kier alpha value is -1.13. The number of hydrogen-bond donors (Lipinski definition) is 1. The zero-order valence-corrected chi connectivity index (χ0v) is 11.0. The highest BCUT2D eigenvalue weighted by molar-refractivity contribution is 9.10. The molecule has 1 aliphatic rings. The molecule has 17 heavy (non-hydrogen) atoms. The first-order valence-corrected chi connectivity index (χ1v) is 6.55. The maximum atomic E-state index is 5.85. The van der Waals surface area contributed by atoms with Gasteiger partial charge in [-0.25, -0.2) is 4.68 Å². The van der Waals surface area contributed by atoms with E-state index in [0.29, 0.717) is 0 Å². The van der Waals surface area contributed by atoms with E-state index in [1.54, 1.807) is 6.20 Å². The van der Waals surface area contributed by atoms with Crippen LogP contribution in [0, 0.1) is 0 Å². The van der Waals surface area contributed by atoms with E-state index in [0.717, 1.165) is 16.7 Å². The topological polar surface area (TPSA) is 43.8 Å². The first kappa shape index (κ1) is 11.0. The van der Waals surface area contributed by atoms with Crippen LogP contribution in [0.4, 0.5) is 0 Å². The van der Waals surface area contributed by atoms with Crippen molar-refractivity contribution in [2.24, 2.45) is 5.73 Å². The van der Waals surface area contributed by atoms with Gasteiger partial charge in [0.1, 0.15) is 0 Å². The standard InChI is InChI=1S/C13H14BrN3/c14-11-8-10(13(9-15)4-5-13)2-3-12(11)17-7-1-6-16-17/h1-3,6-8H,4-5,9,15H2. The molecule has 2 N–H and O–H groups in total. The van der Waals surface area contributed by atoms with E-state index in [-0.39, 0.29) is 5.41 Å². The second-order valence-corrected chi connectivity index (χ2v) is 5.46. The fourth-order valence-corrected chi connectivity index (χ4v) is 2.76. The van der Waals surface area contributed by atoms with Gasteiger partial charge in [-0.1, -0.05) is 6.07 Å². The number of rotatable bonds is 3. The molecule has 1 heterocycles. The van der Waals surface area contributed by atoms with Crippen molar-refractivity contribution >= 4 is 15.9 Å². The van der Waals surface area contributed by atoms with Crippen LogP contribution in [0.25, 0.3) is 5.69 Å². The van der Waals surface area contributed by atoms with Crippen LogP contribution in [0.5, 0.6) is 0 Å². The Balaban J connectivity index is 2.00. The Morgan fingerprint density at radius 1 is 1.41 bits per heavy atom. The molecule has 0 amide bonds. The molecule has 1 saturated carbocycles. The fraction of sp³-hybridized carbons (Fsp3) is 0.308. The van der Waals surface area contributed by atoms with Crippen LogP contribution in [-0.4, -0.2) is 16.3 Å². The third-order valence-electron chi connectivity index (χ3n) is 3.56. The van der Waals surface area contributed by atoms with E-state index < -0.39 is 0 Å². The smallest absolute Gasteiger partial charge is 0.0787 e. The number of hydrogen-bond acceptors (Lipinski definition) is 2. The highest BCUT2D eigenvalue weighted by Gasteiger charge is 2.42. The quantitative estimate of drug-likeness (QED) is 0.945. The van der Waals surface area contributed by atoms with Gasteiger partial charge in [0.2, 0.25) is 0 Å². The highest BCUT2D eigenvalue weighted by atomic mass is 79.9. The summed E-state index contributed by atoms with van der Waals surface area (Å²) in [4.78, 5) is 0. The second-order valence-electron chi connectivity index (χ2n) is 4.60. The summed E-state index contributed by atoms with van der Waals surface area (Å²) in [6, 6.07) is 8.36. The summed E-state index contributed by atoms with van der Waals surface area (Å²) < 4.78 is 2.93. The molecule has 1 aromatic heterocycles. The molecule has 4 heteroatoms. The van der Waals surface area contributed by atoms with Crippen molar-refractivity contribution in [3.8, 4) is 5.69 Å². The van der Waals surface area contributed by atoms with Gasteiger partial charge in [0.25, 0.3) is 0 Å². The number of benzene rings is 1. The molecule has 1 fully saturated rings. The lowest BCUT2D eigenvalue weighted by molar-refractivity contribution is 0.703. The van der Waals surface area contributed by atoms with Crippen molar-refractivity contribution in [2.45, 2.75) is 18.3 Å². The van der Waals surface area contributed by atoms with E-state index in [1.807, 2.05) is 16.9 Å². The van der Waals surface area contributed by atoms with E-state index in [1.165, 1.54) is 18.4 Å². The molecule has 0 atom stereocenters. The predicted molar refractivity (Wildman–Crippen MR) is 71.2 cm³/mol. The molecular formula is C13H14BrN3. The van der Waals surface area contributed by atoms with Crippen LogP contribution in [0.2, 0.25) is 0 Å². The second kappa shape index (κ2) is 3.96. The molecule has 0 saturated heterocycles. The summed E-state index contributed by atoms with van der Waals surface area (Å²) >= 11 is 3.62. The molecule has 0 bridgehead atoms. The molecule has 3 nitrogen and oxygen atoms in total. The molecule has 0 unspecified atom stereocenters. The Bertz CT molecular complexity index is 530. The van der Waals surface area contributed by atoms with Crippen LogP contribution in [-0.2, 0) is 5.41 Å². The maximum Gasteiger partial charge on any atom is 0.0787 e. The van der Waals surface area contributed by atoms with E-state index in [4.69, 9.17) is 5.73 Å². The Morgan fingerprint density at radius 3 is 2.76 bits per heavy atom. The Kier molecular flexibility index (Phi) is 2.56. The molecular weight excluding hydrogens is 278 g/mol. The molecule has 0 spiro atoms. The van der Waals surface area contributed by atoms with Gasteiger partial charge >= 0.3 is 0 Å². The van der Waals surface area contributed by atoms with Crippen molar-refractivity contribution < 1.29 is 0 Å². The lowest BCUT2D eigenvalue weighted by Gasteiger charge is -2.14. The highest BCUT2D eigenvalue weighted by Crippen LogP contribution is 2.48. The number of nitrogens with zero attached hydrogens (tertiary/aromatic N) is 2. The summed E-state index contributed by atoms with van der Waals surface area (Å²) in [7, 11) is 0. The fourth-order valence-electron chi connectivity index (χ4n) is 2.20. The van der Waals surface area contributed by atoms with Gasteiger partial charge < -0.3 is 5.73 Å². The van der Waals surface area contributed by atoms with Crippen molar-refractivity contribution in [1.82, 2.24) is 9.78 Å². The van der Waals surface area contributed by atoms with Gasteiger partial charge in [0.15, 0.2) is 0 Å². The molecule has 88 valence electrons. The summed E-state index contributed by atoms with van der Waals surface area (Å²) in [6.07, 6.45) is 6.13. The first-order valence-electron chi connectivity index (χ1n) is 5.75. The lowest BCUT2D eigenvalue weighted by Crippen LogP contribution is -2.19. The zero-order chi connectivity index (χ0) is 11.9. The Labute approximate surface area is 109 Å². The minimum absolute atomic E-state index is 0.241. The van der Waals surface area contributed by atoms with E-state index >= 15 is 0 Å². The van der Waals surface area contributed by atoms with Gasteiger partial charge in [0.05, 0.1) is 5.69 Å². The van der Waals surface area contributed by atoms with Crippen LogP contribution >= 0.6 is 15.9 Å². The van der Waals surface area contributed by atoms with Crippen LogP contribution in [0.3, 0.4) is 0 Å². The minimum Gasteiger partial charge on any atom is -0.330 e. The Morgan fingerprint density at radius 2 is 2.24 bits per heavy atom. The van der Waals surface area contributed by atoms with Crippen molar-refractivity contribution in [2.75, 3.05) is 6.54 Å². The first-order chi connectivity index (χ1) is 8.25. The minimum atomic E-state index is 0.241. The lowest BCUT2D eigenvalue weighted by atomic mass is 9.96. The summed E-state index contributed by atoms with van der Waals surface area (Å²) in [5.74, 6) is 0. The zero-order valence-electron chi connectivity index (χ0n) is 9.44. The normalized spacial score (nSPS) is 17.1. The molecule has 0 radical (unpaired) electrons. The van der Waals surface area contributed by atoms with E-state index in [9.17, 15) is 0 Å². The van der Waals surface area contributed by atoms with Crippen molar-refractivity contribution in [1.29, 1.82) is 0 Å².